The summed E-state index contributed by atoms with van der Waals surface area (Å²) in [6, 6.07) is 5.96. The van der Waals surface area contributed by atoms with Gasteiger partial charge in [-0.3, -0.25) is 9.59 Å². The van der Waals surface area contributed by atoms with Gasteiger partial charge in [-0.05, 0) is 50.5 Å². The molecule has 0 aliphatic carbocycles. The second-order valence-corrected chi connectivity index (χ2v) is 8.58. The maximum absolute atomic E-state index is 12.9. The lowest BCUT2D eigenvalue weighted by Crippen LogP contribution is -2.41. The number of ether oxygens (including phenoxy) is 1. The third-order valence-corrected chi connectivity index (χ3v) is 6.63. The molecule has 0 saturated carbocycles. The quantitative estimate of drug-likeness (QED) is 0.415. The minimum absolute atomic E-state index is 0.0392. The second-order valence-electron chi connectivity index (χ2n) is 7.52. The molecule has 1 saturated heterocycles. The van der Waals surface area contributed by atoms with Crippen molar-refractivity contribution >= 4 is 23.5 Å². The number of carbonyl (C=O) groups is 2. The predicted molar refractivity (Wildman–Crippen MR) is 106 cm³/mol. The highest BCUT2D eigenvalue weighted by atomic mass is 32.2. The Balaban J connectivity index is 1.71. The molecule has 0 spiro atoms. The number of aryl methyl sites for hydroxylation is 4. The Morgan fingerprint density at radius 1 is 1.15 bits per heavy atom. The first-order chi connectivity index (χ1) is 12.8. The number of ketones is 1. The minimum Gasteiger partial charge on any atom is -0.468 e. The summed E-state index contributed by atoms with van der Waals surface area (Å²) in [4.78, 5) is 26.7. The average Bonchev–Trinajstić information content (AvgIpc) is 2.99. The smallest absolute Gasteiger partial charge is 0.321 e. The van der Waals surface area contributed by atoms with E-state index in [0.717, 1.165) is 38.7 Å². The van der Waals surface area contributed by atoms with Gasteiger partial charge in [-0.2, -0.15) is 0 Å². The Bertz CT molecular complexity index is 826. The van der Waals surface area contributed by atoms with Crippen molar-refractivity contribution in [3.63, 3.8) is 0 Å². The van der Waals surface area contributed by atoms with Gasteiger partial charge < -0.3 is 9.15 Å². The van der Waals surface area contributed by atoms with Crippen LogP contribution in [-0.4, -0.2) is 23.6 Å². The highest BCUT2D eigenvalue weighted by Gasteiger charge is 2.41. The largest absolute Gasteiger partial charge is 0.468 e. The van der Waals surface area contributed by atoms with E-state index in [0.29, 0.717) is 0 Å². The highest BCUT2D eigenvalue weighted by Crippen LogP contribution is 2.35. The summed E-state index contributed by atoms with van der Waals surface area (Å²) in [5.74, 6) is 0.481. The number of carbonyl (C=O) groups excluding carboxylic acids is 2. The number of furan rings is 1. The van der Waals surface area contributed by atoms with E-state index in [2.05, 4.69) is 0 Å². The molecule has 3 atom stereocenters. The van der Waals surface area contributed by atoms with Crippen LogP contribution in [0.1, 0.15) is 47.3 Å². The fourth-order valence-electron chi connectivity index (χ4n) is 3.80. The van der Waals surface area contributed by atoms with Crippen LogP contribution in [0.3, 0.4) is 0 Å². The van der Waals surface area contributed by atoms with Crippen LogP contribution < -0.4 is 0 Å². The van der Waals surface area contributed by atoms with Crippen molar-refractivity contribution in [1.82, 2.24) is 0 Å². The summed E-state index contributed by atoms with van der Waals surface area (Å²) in [6.07, 6.45) is 1.57. The molecule has 2 aromatic rings. The monoisotopic (exact) mass is 386 g/mol. The van der Waals surface area contributed by atoms with Crippen molar-refractivity contribution in [3.05, 3.63) is 52.5 Å². The maximum atomic E-state index is 12.9. The van der Waals surface area contributed by atoms with Crippen molar-refractivity contribution in [2.75, 3.05) is 5.75 Å². The number of cyclic esters (lactones) is 1. The lowest BCUT2D eigenvalue weighted by molar-refractivity contribution is -0.162. The molecule has 144 valence electrons. The first-order valence-electron chi connectivity index (χ1n) is 9.25. The molecule has 4 nitrogen and oxygen atoms in total. The molecule has 1 fully saturated rings. The molecule has 1 aliphatic rings. The van der Waals surface area contributed by atoms with E-state index in [1.807, 2.05) is 52.8 Å². The average molecular weight is 387 g/mol. The number of benzene rings is 1. The molecular weight excluding hydrogens is 360 g/mol. The Labute approximate surface area is 164 Å². The zero-order valence-electron chi connectivity index (χ0n) is 16.5. The lowest BCUT2D eigenvalue weighted by Gasteiger charge is -2.32. The van der Waals surface area contributed by atoms with Gasteiger partial charge in [-0.25, -0.2) is 0 Å². The molecule has 0 radical (unpaired) electrons. The van der Waals surface area contributed by atoms with Crippen molar-refractivity contribution < 1.29 is 18.7 Å². The topological polar surface area (TPSA) is 56.5 Å². The van der Waals surface area contributed by atoms with Crippen LogP contribution in [0, 0.1) is 33.6 Å². The second kappa shape index (κ2) is 7.93. The number of thioether (sulfide) groups is 1. The molecule has 0 amide bonds. The minimum atomic E-state index is -0.794. The highest BCUT2D eigenvalue weighted by molar-refractivity contribution is 7.99. The summed E-state index contributed by atoms with van der Waals surface area (Å²) in [5.41, 5.74) is 3.88. The van der Waals surface area contributed by atoms with E-state index in [-0.39, 0.29) is 24.2 Å². The van der Waals surface area contributed by atoms with E-state index in [9.17, 15) is 9.59 Å². The van der Waals surface area contributed by atoms with Gasteiger partial charge in [-0.15, -0.1) is 11.8 Å². The van der Waals surface area contributed by atoms with Gasteiger partial charge in [0.15, 0.2) is 5.78 Å². The molecule has 0 N–H and O–H groups in total. The van der Waals surface area contributed by atoms with Crippen LogP contribution in [0.25, 0.3) is 0 Å². The normalized spacial score (nSPS) is 21.2. The van der Waals surface area contributed by atoms with Gasteiger partial charge in [-0.1, -0.05) is 24.6 Å². The summed E-state index contributed by atoms with van der Waals surface area (Å²) in [7, 11) is 0. The van der Waals surface area contributed by atoms with Crippen LogP contribution in [0.15, 0.2) is 33.8 Å². The van der Waals surface area contributed by atoms with E-state index in [1.165, 1.54) is 0 Å². The number of hydrogen-bond donors (Lipinski definition) is 0. The van der Waals surface area contributed by atoms with E-state index >= 15 is 0 Å². The van der Waals surface area contributed by atoms with E-state index in [4.69, 9.17) is 9.15 Å². The third kappa shape index (κ3) is 4.13. The molecule has 5 heteroatoms. The molecule has 1 aromatic carbocycles. The molecule has 3 rings (SSSR count). The first kappa shape index (κ1) is 19.7. The molecular formula is C22H26O4S. The van der Waals surface area contributed by atoms with Gasteiger partial charge >= 0.3 is 5.97 Å². The number of rotatable bonds is 5. The van der Waals surface area contributed by atoms with Gasteiger partial charge in [0.25, 0.3) is 0 Å². The van der Waals surface area contributed by atoms with E-state index < -0.39 is 11.9 Å². The molecule has 3 unspecified atom stereocenters. The molecule has 1 aromatic heterocycles. The predicted octanol–water partition coefficient (Wildman–Crippen LogP) is 4.91. The fourth-order valence-corrected chi connectivity index (χ4v) is 4.86. The number of Topliss-reactive ketones (excluding diaryl/α,β-unsaturated/α-hetero) is 1. The van der Waals surface area contributed by atoms with Crippen molar-refractivity contribution in [2.45, 2.75) is 58.0 Å². The SMILES string of the molecule is Cc1cc(C)c(C2C(=O)CC(C(C)CSc3ccoc3C)OC2=O)c(C)c1. The number of esters is 1. The van der Waals surface area contributed by atoms with Crippen LogP contribution in [-0.2, 0) is 14.3 Å². The molecule has 0 bridgehead atoms. The summed E-state index contributed by atoms with van der Waals surface area (Å²) in [6.45, 7) is 9.87. The van der Waals surface area contributed by atoms with Crippen molar-refractivity contribution in [2.24, 2.45) is 5.92 Å². The number of hydrogen-bond acceptors (Lipinski definition) is 5. The van der Waals surface area contributed by atoms with Crippen molar-refractivity contribution in [3.8, 4) is 0 Å². The fraction of sp³-hybridized carbons (Fsp3) is 0.455. The zero-order chi connectivity index (χ0) is 19.7. The molecule has 27 heavy (non-hydrogen) atoms. The molecule has 1 aliphatic heterocycles. The van der Waals surface area contributed by atoms with Crippen LogP contribution in [0.4, 0.5) is 0 Å². The Kier molecular flexibility index (Phi) is 5.80. The zero-order valence-corrected chi connectivity index (χ0v) is 17.3. The Morgan fingerprint density at radius 2 is 1.81 bits per heavy atom. The van der Waals surface area contributed by atoms with Crippen molar-refractivity contribution in [1.29, 1.82) is 0 Å². The summed E-state index contributed by atoms with van der Waals surface area (Å²) in [5, 5.41) is 0. The van der Waals surface area contributed by atoms with Crippen LogP contribution in [0.2, 0.25) is 0 Å². The first-order valence-corrected chi connectivity index (χ1v) is 10.2. The van der Waals surface area contributed by atoms with Gasteiger partial charge in [0.05, 0.1) is 6.26 Å². The van der Waals surface area contributed by atoms with Crippen LogP contribution >= 0.6 is 11.8 Å². The lowest BCUT2D eigenvalue weighted by atomic mass is 9.82. The van der Waals surface area contributed by atoms with Crippen LogP contribution in [0.5, 0.6) is 0 Å². The van der Waals surface area contributed by atoms with E-state index in [1.54, 1.807) is 18.0 Å². The Morgan fingerprint density at radius 3 is 2.37 bits per heavy atom. The summed E-state index contributed by atoms with van der Waals surface area (Å²) < 4.78 is 11.0. The third-order valence-electron chi connectivity index (χ3n) is 5.20. The Hall–Kier alpha value is -2.01. The standard InChI is InChI=1S/C22H26O4S/c1-12-8-13(2)20(14(3)9-12)21-17(23)10-18(26-22(21)24)15(4)11-27-19-6-7-25-16(19)5/h6-9,15,18,21H,10-11H2,1-5H3. The molecule has 2 heterocycles. The maximum Gasteiger partial charge on any atom is 0.321 e. The van der Waals surface area contributed by atoms with Gasteiger partial charge in [0.2, 0.25) is 0 Å². The summed E-state index contributed by atoms with van der Waals surface area (Å²) >= 11 is 1.67. The van der Waals surface area contributed by atoms with Gasteiger partial charge in [0, 0.05) is 23.0 Å². The van der Waals surface area contributed by atoms with Gasteiger partial charge in [0.1, 0.15) is 17.8 Å².